The molecule has 0 radical (unpaired) electrons. The first-order valence-corrected chi connectivity index (χ1v) is 6.21. The molecule has 19 heavy (non-hydrogen) atoms. The molecule has 0 bridgehead atoms. The molecule has 0 saturated heterocycles. The molecule has 2 rings (SSSR count). The zero-order valence-corrected chi connectivity index (χ0v) is 10.5. The van der Waals surface area contributed by atoms with Crippen LogP contribution in [0.3, 0.4) is 0 Å². The molecule has 8 heteroatoms. The summed E-state index contributed by atoms with van der Waals surface area (Å²) in [5.41, 5.74) is 8.13. The zero-order valence-electron chi connectivity index (χ0n) is 9.70. The van der Waals surface area contributed by atoms with Crippen LogP contribution in [0.25, 0.3) is 0 Å². The minimum atomic E-state index is -0.573. The fourth-order valence-corrected chi connectivity index (χ4v) is 2.00. The lowest BCUT2D eigenvalue weighted by Crippen LogP contribution is -2.24. The van der Waals surface area contributed by atoms with E-state index in [0.29, 0.717) is 0 Å². The molecular weight excluding hydrogens is 268 g/mol. The van der Waals surface area contributed by atoms with Gasteiger partial charge in [0.25, 0.3) is 11.6 Å². The Kier molecular flexibility index (Phi) is 3.71. The number of nitrogens with one attached hydrogen (secondary N) is 1. The van der Waals surface area contributed by atoms with E-state index in [1.54, 1.807) is 10.9 Å². The van der Waals surface area contributed by atoms with Crippen molar-refractivity contribution in [1.29, 1.82) is 0 Å². The molecule has 1 amide bonds. The van der Waals surface area contributed by atoms with Crippen LogP contribution < -0.4 is 11.1 Å². The van der Waals surface area contributed by atoms with E-state index in [-0.39, 0.29) is 23.5 Å². The highest BCUT2D eigenvalue weighted by Crippen LogP contribution is 2.19. The second-order valence-corrected chi connectivity index (χ2v) is 4.41. The van der Waals surface area contributed by atoms with Crippen LogP contribution in [0.1, 0.15) is 16.1 Å². The lowest BCUT2D eigenvalue weighted by Gasteiger charge is -2.06. The van der Waals surface area contributed by atoms with Crippen LogP contribution in [0.2, 0.25) is 0 Å². The Bertz CT molecular complexity index is 612. The summed E-state index contributed by atoms with van der Waals surface area (Å²) < 4.78 is 0. The van der Waals surface area contributed by atoms with Crippen LogP contribution in [0.4, 0.5) is 11.4 Å². The maximum atomic E-state index is 11.9. The monoisotopic (exact) mass is 278 g/mol. The number of nitrogens with two attached hydrogens (primary N) is 1. The Morgan fingerprint density at radius 3 is 2.95 bits per heavy atom. The van der Waals surface area contributed by atoms with Gasteiger partial charge in [0.05, 0.1) is 28.2 Å². The van der Waals surface area contributed by atoms with E-state index in [2.05, 4.69) is 10.3 Å². The Morgan fingerprint density at radius 2 is 2.32 bits per heavy atom. The molecule has 98 valence electrons. The summed E-state index contributed by atoms with van der Waals surface area (Å²) in [4.78, 5) is 26.0. The van der Waals surface area contributed by atoms with Crippen molar-refractivity contribution in [2.45, 2.75) is 6.54 Å². The molecule has 7 nitrogen and oxygen atoms in total. The van der Waals surface area contributed by atoms with Gasteiger partial charge in [-0.3, -0.25) is 14.9 Å². The average molecular weight is 278 g/mol. The summed E-state index contributed by atoms with van der Waals surface area (Å²) in [5.74, 6) is -0.464. The number of benzene rings is 1. The smallest absolute Gasteiger partial charge is 0.270 e. The maximum Gasteiger partial charge on any atom is 0.270 e. The number of amides is 1. The van der Waals surface area contributed by atoms with Crippen molar-refractivity contribution >= 4 is 28.6 Å². The molecule has 0 unspecified atom stereocenters. The molecule has 1 aromatic carbocycles. The highest BCUT2D eigenvalue weighted by molar-refractivity contribution is 7.07. The standard InChI is InChI=1S/C11H10N4O3S/c12-10-2-1-8(15(17)18)3-9(10)11(16)13-4-7-5-19-6-14-7/h1-3,5-6H,4,12H2,(H,13,16). The summed E-state index contributed by atoms with van der Waals surface area (Å²) in [6, 6.07) is 3.76. The van der Waals surface area contributed by atoms with E-state index in [1.807, 2.05) is 0 Å². The normalized spacial score (nSPS) is 10.1. The van der Waals surface area contributed by atoms with Gasteiger partial charge in [-0.05, 0) is 6.07 Å². The highest BCUT2D eigenvalue weighted by Gasteiger charge is 2.15. The van der Waals surface area contributed by atoms with Gasteiger partial charge in [0, 0.05) is 23.2 Å². The zero-order chi connectivity index (χ0) is 13.8. The number of nitro groups is 1. The lowest BCUT2D eigenvalue weighted by atomic mass is 10.1. The molecule has 1 aromatic heterocycles. The number of carbonyl (C=O) groups excluding carboxylic acids is 1. The Balaban J connectivity index is 2.14. The number of hydrogen-bond donors (Lipinski definition) is 2. The van der Waals surface area contributed by atoms with Gasteiger partial charge in [0.1, 0.15) is 0 Å². The molecule has 0 saturated carbocycles. The SMILES string of the molecule is Nc1ccc([N+](=O)[O-])cc1C(=O)NCc1cscn1. The van der Waals surface area contributed by atoms with Gasteiger partial charge in [-0.25, -0.2) is 4.98 Å². The molecule has 0 aliphatic carbocycles. The lowest BCUT2D eigenvalue weighted by molar-refractivity contribution is -0.384. The van der Waals surface area contributed by atoms with Gasteiger partial charge < -0.3 is 11.1 Å². The van der Waals surface area contributed by atoms with Crippen molar-refractivity contribution in [2.75, 3.05) is 5.73 Å². The number of carbonyl (C=O) groups is 1. The molecule has 0 fully saturated rings. The first kappa shape index (κ1) is 13.0. The number of thiazole rings is 1. The largest absolute Gasteiger partial charge is 0.398 e. The molecule has 0 aliphatic rings. The van der Waals surface area contributed by atoms with Crippen molar-refractivity contribution < 1.29 is 9.72 Å². The quantitative estimate of drug-likeness (QED) is 0.501. The number of hydrogen-bond acceptors (Lipinski definition) is 6. The topological polar surface area (TPSA) is 111 Å². The Labute approximate surface area is 112 Å². The molecule has 0 atom stereocenters. The second-order valence-electron chi connectivity index (χ2n) is 3.69. The third-order valence-corrected chi connectivity index (χ3v) is 3.04. The summed E-state index contributed by atoms with van der Waals surface area (Å²) in [7, 11) is 0. The number of nitrogen functional groups attached to an aromatic ring is 1. The van der Waals surface area contributed by atoms with Crippen LogP contribution in [-0.2, 0) is 6.54 Å². The predicted molar refractivity (Wildman–Crippen MR) is 70.8 cm³/mol. The first-order chi connectivity index (χ1) is 9.08. The number of nitro benzene ring substituents is 1. The first-order valence-electron chi connectivity index (χ1n) is 5.27. The minimum absolute atomic E-state index is 0.0874. The van der Waals surface area contributed by atoms with E-state index in [4.69, 9.17) is 5.73 Å². The van der Waals surface area contributed by atoms with Crippen LogP contribution in [0, 0.1) is 10.1 Å². The van der Waals surface area contributed by atoms with Crippen LogP contribution >= 0.6 is 11.3 Å². The van der Waals surface area contributed by atoms with Crippen molar-refractivity contribution in [3.8, 4) is 0 Å². The molecule has 0 aliphatic heterocycles. The number of anilines is 1. The predicted octanol–water partition coefficient (Wildman–Crippen LogP) is 1.56. The second kappa shape index (κ2) is 5.44. The molecule has 0 spiro atoms. The van der Waals surface area contributed by atoms with Crippen LogP contribution in [-0.4, -0.2) is 15.8 Å². The van der Waals surface area contributed by atoms with Gasteiger partial charge in [-0.1, -0.05) is 0 Å². The number of aromatic nitrogens is 1. The van der Waals surface area contributed by atoms with Gasteiger partial charge in [0.2, 0.25) is 0 Å². The molecular formula is C11H10N4O3S. The Hall–Kier alpha value is -2.48. The minimum Gasteiger partial charge on any atom is -0.398 e. The maximum absolute atomic E-state index is 11.9. The van der Waals surface area contributed by atoms with Gasteiger partial charge >= 0.3 is 0 Å². The number of non-ortho nitro benzene ring substituents is 1. The fourth-order valence-electron chi connectivity index (χ4n) is 1.45. The van der Waals surface area contributed by atoms with Gasteiger partial charge in [0.15, 0.2) is 0 Å². The van der Waals surface area contributed by atoms with Crippen molar-refractivity contribution in [2.24, 2.45) is 0 Å². The van der Waals surface area contributed by atoms with E-state index in [0.717, 1.165) is 11.8 Å². The third kappa shape index (κ3) is 3.05. The van der Waals surface area contributed by atoms with E-state index in [1.165, 1.54) is 23.5 Å². The molecule has 1 heterocycles. The summed E-state index contributed by atoms with van der Waals surface area (Å²) >= 11 is 1.42. The summed E-state index contributed by atoms with van der Waals surface area (Å²) in [5, 5.41) is 15.1. The van der Waals surface area contributed by atoms with Gasteiger partial charge in [-0.15, -0.1) is 11.3 Å². The van der Waals surface area contributed by atoms with Crippen LogP contribution in [0.5, 0.6) is 0 Å². The van der Waals surface area contributed by atoms with Crippen LogP contribution in [0.15, 0.2) is 29.1 Å². The highest BCUT2D eigenvalue weighted by atomic mass is 32.1. The van der Waals surface area contributed by atoms with Crippen molar-refractivity contribution in [3.63, 3.8) is 0 Å². The Morgan fingerprint density at radius 1 is 1.53 bits per heavy atom. The average Bonchev–Trinajstić information content (AvgIpc) is 2.89. The van der Waals surface area contributed by atoms with Crippen molar-refractivity contribution in [3.05, 3.63) is 50.5 Å². The van der Waals surface area contributed by atoms with E-state index >= 15 is 0 Å². The number of rotatable bonds is 4. The van der Waals surface area contributed by atoms with Gasteiger partial charge in [-0.2, -0.15) is 0 Å². The van der Waals surface area contributed by atoms with E-state index in [9.17, 15) is 14.9 Å². The van der Waals surface area contributed by atoms with E-state index < -0.39 is 10.8 Å². The third-order valence-electron chi connectivity index (χ3n) is 2.41. The number of nitrogens with zero attached hydrogens (tertiary/aromatic N) is 2. The summed E-state index contributed by atoms with van der Waals surface area (Å²) in [6.07, 6.45) is 0. The molecule has 3 N–H and O–H groups in total. The van der Waals surface area contributed by atoms with Crippen molar-refractivity contribution in [1.82, 2.24) is 10.3 Å². The fraction of sp³-hybridized carbons (Fsp3) is 0.0909. The molecule has 2 aromatic rings. The summed E-state index contributed by atoms with van der Waals surface area (Å²) in [6.45, 7) is 0.254.